The molecule has 16 heavy (non-hydrogen) atoms. The molecule has 0 aliphatic rings. The van der Waals surface area contributed by atoms with Crippen LogP contribution >= 0.6 is 0 Å². The van der Waals surface area contributed by atoms with Crippen LogP contribution in [0.3, 0.4) is 0 Å². The Morgan fingerprint density at radius 1 is 1.50 bits per heavy atom. The van der Waals surface area contributed by atoms with Crippen LogP contribution in [0.15, 0.2) is 24.3 Å². The van der Waals surface area contributed by atoms with Crippen LogP contribution in [0.2, 0.25) is 0 Å². The molecule has 0 unspecified atom stereocenters. The van der Waals surface area contributed by atoms with E-state index in [1.807, 2.05) is 13.8 Å². The summed E-state index contributed by atoms with van der Waals surface area (Å²) in [7, 11) is 0. The van der Waals surface area contributed by atoms with Crippen molar-refractivity contribution in [2.24, 2.45) is 0 Å². The molecule has 0 fully saturated rings. The van der Waals surface area contributed by atoms with Crippen molar-refractivity contribution in [3.05, 3.63) is 29.8 Å². The number of aromatic hydroxyl groups is 1. The van der Waals surface area contributed by atoms with Crippen LogP contribution < -0.4 is 11.1 Å². The minimum atomic E-state index is -0.197. The van der Waals surface area contributed by atoms with Crippen molar-refractivity contribution < 1.29 is 9.90 Å². The quantitative estimate of drug-likeness (QED) is 0.410. The third-order valence-electron chi connectivity index (χ3n) is 1.90. The number of phenols is 1. The zero-order valence-electron chi connectivity index (χ0n) is 9.40. The fourth-order valence-electron chi connectivity index (χ4n) is 1.20. The maximum Gasteiger partial charge on any atom is 0.244 e. The van der Waals surface area contributed by atoms with E-state index in [1.54, 1.807) is 12.1 Å². The van der Waals surface area contributed by atoms with E-state index in [-0.39, 0.29) is 17.7 Å². The summed E-state index contributed by atoms with van der Waals surface area (Å²) in [4.78, 5) is 11.3. The number of rotatable bonds is 3. The van der Waals surface area contributed by atoms with Gasteiger partial charge >= 0.3 is 0 Å². The van der Waals surface area contributed by atoms with Gasteiger partial charge in [0.2, 0.25) is 5.91 Å². The standard InChI is InChI=1S/C12H16N2O2/c1-8(2)14-12(16)6-3-9-7-10(13)4-5-11(9)15/h3-8,15H,13H2,1-2H3,(H,14,16). The number of amides is 1. The lowest BCUT2D eigenvalue weighted by molar-refractivity contribution is -0.116. The molecule has 0 saturated heterocycles. The van der Waals surface area contributed by atoms with E-state index in [4.69, 9.17) is 5.73 Å². The van der Waals surface area contributed by atoms with Gasteiger partial charge in [0.1, 0.15) is 5.75 Å². The van der Waals surface area contributed by atoms with Gasteiger partial charge in [0, 0.05) is 23.4 Å². The average Bonchev–Trinajstić information content (AvgIpc) is 2.18. The van der Waals surface area contributed by atoms with E-state index in [2.05, 4.69) is 5.32 Å². The first-order valence-corrected chi connectivity index (χ1v) is 5.06. The third kappa shape index (κ3) is 3.65. The number of nitrogens with one attached hydrogen (secondary N) is 1. The molecular weight excluding hydrogens is 204 g/mol. The van der Waals surface area contributed by atoms with E-state index < -0.39 is 0 Å². The lowest BCUT2D eigenvalue weighted by atomic mass is 10.1. The molecule has 1 rings (SSSR count). The molecule has 0 saturated carbocycles. The Morgan fingerprint density at radius 3 is 2.81 bits per heavy atom. The van der Waals surface area contributed by atoms with Gasteiger partial charge in [-0.05, 0) is 38.1 Å². The first-order chi connectivity index (χ1) is 7.49. The van der Waals surface area contributed by atoms with Crippen molar-refractivity contribution in [1.29, 1.82) is 0 Å². The van der Waals surface area contributed by atoms with E-state index in [0.29, 0.717) is 11.3 Å². The lowest BCUT2D eigenvalue weighted by Gasteiger charge is -2.04. The van der Waals surface area contributed by atoms with Gasteiger partial charge in [0.15, 0.2) is 0 Å². The van der Waals surface area contributed by atoms with Crippen LogP contribution in [0.4, 0.5) is 5.69 Å². The van der Waals surface area contributed by atoms with Crippen LogP contribution in [0.1, 0.15) is 19.4 Å². The highest BCUT2D eigenvalue weighted by Gasteiger charge is 2.00. The number of nitrogens with two attached hydrogens (primary N) is 1. The topological polar surface area (TPSA) is 75.4 Å². The molecule has 0 aliphatic carbocycles. The second-order valence-corrected chi connectivity index (χ2v) is 3.81. The van der Waals surface area contributed by atoms with Gasteiger partial charge in [-0.2, -0.15) is 0 Å². The molecule has 1 amide bonds. The number of carbonyl (C=O) groups is 1. The predicted molar refractivity (Wildman–Crippen MR) is 64.8 cm³/mol. The van der Waals surface area contributed by atoms with Crippen molar-refractivity contribution in [2.45, 2.75) is 19.9 Å². The number of phenolic OH excluding ortho intramolecular Hbond substituents is 1. The number of hydrogen-bond acceptors (Lipinski definition) is 3. The van der Waals surface area contributed by atoms with Gasteiger partial charge in [-0.3, -0.25) is 4.79 Å². The summed E-state index contributed by atoms with van der Waals surface area (Å²) in [5.74, 6) is -0.0976. The summed E-state index contributed by atoms with van der Waals surface area (Å²) < 4.78 is 0. The molecule has 86 valence electrons. The van der Waals surface area contributed by atoms with Gasteiger partial charge in [-0.15, -0.1) is 0 Å². The lowest BCUT2D eigenvalue weighted by Crippen LogP contribution is -2.28. The monoisotopic (exact) mass is 220 g/mol. The molecule has 0 heterocycles. The summed E-state index contributed by atoms with van der Waals surface area (Å²) in [5, 5.41) is 12.2. The van der Waals surface area contributed by atoms with E-state index in [9.17, 15) is 9.90 Å². The molecule has 4 N–H and O–H groups in total. The first-order valence-electron chi connectivity index (χ1n) is 5.06. The van der Waals surface area contributed by atoms with E-state index >= 15 is 0 Å². The molecule has 4 heteroatoms. The molecule has 1 aromatic rings. The number of carbonyl (C=O) groups excluding carboxylic acids is 1. The van der Waals surface area contributed by atoms with Crippen molar-refractivity contribution >= 4 is 17.7 Å². The molecule has 4 nitrogen and oxygen atoms in total. The van der Waals surface area contributed by atoms with Gasteiger partial charge in [0.25, 0.3) is 0 Å². The Hall–Kier alpha value is -1.97. The van der Waals surface area contributed by atoms with Gasteiger partial charge in [-0.1, -0.05) is 0 Å². The Bertz CT molecular complexity index is 411. The summed E-state index contributed by atoms with van der Waals surface area (Å²) in [5.41, 5.74) is 6.64. The fourth-order valence-corrected chi connectivity index (χ4v) is 1.20. The van der Waals surface area contributed by atoms with E-state index in [0.717, 1.165) is 0 Å². The van der Waals surface area contributed by atoms with Crippen molar-refractivity contribution in [1.82, 2.24) is 5.32 Å². The van der Waals surface area contributed by atoms with E-state index in [1.165, 1.54) is 18.2 Å². The van der Waals surface area contributed by atoms with Crippen LogP contribution in [-0.4, -0.2) is 17.1 Å². The molecule has 0 spiro atoms. The second kappa shape index (κ2) is 5.21. The summed E-state index contributed by atoms with van der Waals surface area (Å²) in [6.45, 7) is 3.76. The van der Waals surface area contributed by atoms with Gasteiger partial charge in [-0.25, -0.2) is 0 Å². The highest BCUT2D eigenvalue weighted by atomic mass is 16.3. The number of hydrogen-bond donors (Lipinski definition) is 3. The van der Waals surface area contributed by atoms with Crippen LogP contribution in [0, 0.1) is 0 Å². The molecule has 0 radical (unpaired) electrons. The first kappa shape index (κ1) is 12.1. The van der Waals surface area contributed by atoms with Crippen molar-refractivity contribution in [3.63, 3.8) is 0 Å². The van der Waals surface area contributed by atoms with Gasteiger partial charge in [0.05, 0.1) is 0 Å². The maximum absolute atomic E-state index is 11.3. The van der Waals surface area contributed by atoms with Crippen LogP contribution in [0.25, 0.3) is 6.08 Å². The summed E-state index contributed by atoms with van der Waals surface area (Å²) >= 11 is 0. The third-order valence-corrected chi connectivity index (χ3v) is 1.90. The number of nitrogen functional groups attached to an aromatic ring is 1. The van der Waals surface area contributed by atoms with Crippen molar-refractivity contribution in [3.8, 4) is 5.75 Å². The Kier molecular flexibility index (Phi) is 3.94. The van der Waals surface area contributed by atoms with Crippen LogP contribution in [0.5, 0.6) is 5.75 Å². The normalized spacial score (nSPS) is 10.9. The highest BCUT2D eigenvalue weighted by molar-refractivity contribution is 5.92. The molecule has 0 aliphatic heterocycles. The maximum atomic E-state index is 11.3. The Labute approximate surface area is 94.8 Å². The average molecular weight is 220 g/mol. The summed E-state index contributed by atoms with van der Waals surface area (Å²) in [6.07, 6.45) is 2.90. The molecule has 0 aromatic heterocycles. The van der Waals surface area contributed by atoms with Crippen LogP contribution in [-0.2, 0) is 4.79 Å². The molecule has 0 bridgehead atoms. The zero-order valence-corrected chi connectivity index (χ0v) is 9.40. The molecule has 0 atom stereocenters. The predicted octanol–water partition coefficient (Wildman–Crippen LogP) is 1.51. The highest BCUT2D eigenvalue weighted by Crippen LogP contribution is 2.20. The molecule has 1 aromatic carbocycles. The largest absolute Gasteiger partial charge is 0.507 e. The second-order valence-electron chi connectivity index (χ2n) is 3.81. The molecular formula is C12H16N2O2. The SMILES string of the molecule is CC(C)NC(=O)C=Cc1cc(N)ccc1O. The summed E-state index contributed by atoms with van der Waals surface area (Å²) in [6, 6.07) is 4.79. The van der Waals surface area contributed by atoms with Gasteiger partial charge < -0.3 is 16.2 Å². The Morgan fingerprint density at radius 2 is 2.19 bits per heavy atom. The van der Waals surface area contributed by atoms with Crippen molar-refractivity contribution in [2.75, 3.05) is 5.73 Å². The zero-order chi connectivity index (χ0) is 12.1. The Balaban J connectivity index is 2.76. The smallest absolute Gasteiger partial charge is 0.244 e. The minimum Gasteiger partial charge on any atom is -0.507 e. The fraction of sp³-hybridized carbons (Fsp3) is 0.250. The minimum absolute atomic E-state index is 0.0894. The number of anilines is 1. The number of benzene rings is 1.